The Morgan fingerprint density at radius 3 is 2.20 bits per heavy atom. The Bertz CT molecular complexity index is 1710. The predicted octanol–water partition coefficient (Wildman–Crippen LogP) is 4.54. The monoisotopic (exact) mass is 680 g/mol. The maximum absolute atomic E-state index is 14.6. The van der Waals surface area contributed by atoms with E-state index in [4.69, 9.17) is 14.8 Å². The normalized spacial score (nSPS) is 24.5. The van der Waals surface area contributed by atoms with Gasteiger partial charge in [-0.1, -0.05) is 79.0 Å². The Hall–Kier alpha value is -5.18. The highest BCUT2D eigenvalue weighted by molar-refractivity contribution is 6.24. The number of carbonyl (C=O) groups excluding carboxylic acids is 4. The first-order chi connectivity index (χ1) is 24.0. The number of likely N-dealkylation sites (tertiary alicyclic amines) is 1. The molecule has 2 aromatic carbocycles. The molecule has 12 heteroatoms. The fraction of sp³-hybridized carbons (Fsp3) is 0.474. The highest BCUT2D eigenvalue weighted by atomic mass is 16.6. The molecule has 4 amide bonds. The quantitative estimate of drug-likeness (QED) is 0.129. The van der Waals surface area contributed by atoms with Crippen LogP contribution in [0.4, 0.5) is 4.79 Å². The van der Waals surface area contributed by atoms with Gasteiger partial charge in [0.15, 0.2) is 6.19 Å². The van der Waals surface area contributed by atoms with Crippen LogP contribution >= 0.6 is 0 Å². The number of hydrogen-bond donors (Lipinski definition) is 3. The number of nitrogens with one attached hydrogen (secondary N) is 3. The van der Waals surface area contributed by atoms with Crippen LogP contribution in [0.15, 0.2) is 66.3 Å². The average Bonchev–Trinajstić information content (AvgIpc) is 3.49. The molecule has 3 N–H and O–H groups in total. The lowest BCUT2D eigenvalue weighted by Crippen LogP contribution is -2.59. The first kappa shape index (κ1) is 34.7. The Labute approximate surface area is 292 Å². The fourth-order valence-electron chi connectivity index (χ4n) is 7.55. The second-order valence-electron chi connectivity index (χ2n) is 14.6. The second-order valence-corrected chi connectivity index (χ2v) is 14.6. The third-order valence-corrected chi connectivity index (χ3v) is 10.1. The van der Waals surface area contributed by atoms with Crippen molar-refractivity contribution in [1.29, 1.82) is 5.26 Å². The topological polar surface area (TPSA) is 162 Å². The largest absolute Gasteiger partial charge is 0.444 e. The fourth-order valence-corrected chi connectivity index (χ4v) is 7.55. The molecule has 2 aromatic rings. The van der Waals surface area contributed by atoms with Crippen molar-refractivity contribution in [3.05, 3.63) is 72.3 Å². The van der Waals surface area contributed by atoms with Crippen LogP contribution in [0.1, 0.15) is 76.8 Å². The lowest BCUT2D eigenvalue weighted by atomic mass is 9.83. The second kappa shape index (κ2) is 14.0. The minimum Gasteiger partial charge on any atom is -0.444 e. The number of hydrogen-bond acceptors (Lipinski definition) is 8. The molecule has 12 nitrogen and oxygen atoms in total. The third-order valence-electron chi connectivity index (χ3n) is 10.1. The maximum Gasteiger partial charge on any atom is 0.408 e. The molecule has 0 radical (unpaired) electrons. The maximum atomic E-state index is 14.6. The Morgan fingerprint density at radius 2 is 1.64 bits per heavy atom. The summed E-state index contributed by atoms with van der Waals surface area (Å²) in [6.07, 6.45) is 6.54. The van der Waals surface area contributed by atoms with Gasteiger partial charge in [-0.25, -0.2) is 4.79 Å². The molecule has 1 aliphatic heterocycles. The van der Waals surface area contributed by atoms with E-state index in [-0.39, 0.29) is 31.2 Å². The number of benzene rings is 2. The van der Waals surface area contributed by atoms with E-state index in [2.05, 4.69) is 27.7 Å². The Balaban J connectivity index is 1.30. The zero-order valence-electron chi connectivity index (χ0n) is 28.7. The molecule has 5 atom stereocenters. The molecule has 262 valence electrons. The van der Waals surface area contributed by atoms with Crippen molar-refractivity contribution in [2.45, 2.75) is 95.0 Å². The minimum absolute atomic E-state index is 0.0263. The highest BCUT2D eigenvalue weighted by Gasteiger charge is 2.61. The van der Waals surface area contributed by atoms with E-state index in [0.29, 0.717) is 5.71 Å². The smallest absolute Gasteiger partial charge is 0.408 e. The number of nitriles is 1. The van der Waals surface area contributed by atoms with Gasteiger partial charge in [0, 0.05) is 23.5 Å². The molecule has 1 unspecified atom stereocenters. The van der Waals surface area contributed by atoms with Gasteiger partial charge < -0.3 is 25.1 Å². The van der Waals surface area contributed by atoms with Gasteiger partial charge in [0.25, 0.3) is 5.91 Å². The van der Waals surface area contributed by atoms with Crippen LogP contribution in [0.3, 0.4) is 0 Å². The highest BCUT2D eigenvalue weighted by Crippen LogP contribution is 2.45. The molecule has 1 saturated heterocycles. The summed E-state index contributed by atoms with van der Waals surface area (Å²) in [5, 5.41) is 21.6. The summed E-state index contributed by atoms with van der Waals surface area (Å²) in [4.78, 5) is 62.3. The number of carbonyl (C=O) groups is 4. The van der Waals surface area contributed by atoms with Gasteiger partial charge in [-0.2, -0.15) is 5.26 Å². The summed E-state index contributed by atoms with van der Waals surface area (Å²) in [5.41, 5.74) is 2.45. The van der Waals surface area contributed by atoms with Gasteiger partial charge in [0.1, 0.15) is 35.0 Å². The summed E-state index contributed by atoms with van der Waals surface area (Å²) in [5.74, 6) is -2.16. The van der Waals surface area contributed by atoms with Gasteiger partial charge in [0.05, 0.1) is 6.54 Å². The van der Waals surface area contributed by atoms with E-state index >= 15 is 0 Å². The third kappa shape index (κ3) is 6.95. The SMILES string of the molecule is C=CC1C[C@]1(NC(=O)[C@@H]1C[C@@H](ON=C2c3ccccc3-c3ccccc32)CN1C(=O)[C@H](NC(=O)OC(C)(C)C)C1CCCCC1)C(=O)NC#N. The molecule has 1 heterocycles. The van der Waals surface area contributed by atoms with E-state index in [0.717, 1.165) is 54.4 Å². The first-order valence-corrected chi connectivity index (χ1v) is 17.3. The standard InChI is InChI=1S/C38H44N6O6/c1-5-24-20-38(24,35(47)40-22-39)42-33(45)30-19-25(50-43-32-28-17-11-9-15-26(28)27-16-10-12-18-29(27)32)21-44(30)34(46)31(23-13-7-6-8-14-23)41-36(48)49-37(2,3)4/h5,9-12,15-18,23-25,30-31H,1,6-8,13-14,19-21H2,2-4H3,(H,40,47)(H,41,48)(H,42,45)/t24?,25-,30+,31-,38-/m1/s1. The van der Waals surface area contributed by atoms with Crippen molar-refractivity contribution in [2.75, 3.05) is 6.54 Å². The van der Waals surface area contributed by atoms with Crippen LogP contribution in [0.2, 0.25) is 0 Å². The lowest BCUT2D eigenvalue weighted by molar-refractivity contribution is -0.142. The van der Waals surface area contributed by atoms with Gasteiger partial charge in [0.2, 0.25) is 11.8 Å². The van der Waals surface area contributed by atoms with E-state index in [1.54, 1.807) is 33.0 Å². The molecular weight excluding hydrogens is 636 g/mol. The van der Waals surface area contributed by atoms with Crippen molar-refractivity contribution in [1.82, 2.24) is 20.9 Å². The van der Waals surface area contributed by atoms with E-state index in [1.165, 1.54) is 4.90 Å². The molecule has 3 aliphatic carbocycles. The number of ether oxygens (including phenoxy) is 1. The van der Waals surface area contributed by atoms with Crippen molar-refractivity contribution >= 4 is 29.5 Å². The number of nitrogens with zero attached hydrogens (tertiary/aromatic N) is 3. The van der Waals surface area contributed by atoms with Crippen molar-refractivity contribution in [3.8, 4) is 17.3 Å². The van der Waals surface area contributed by atoms with Crippen molar-refractivity contribution in [2.24, 2.45) is 17.0 Å². The molecule has 0 bridgehead atoms. The van der Waals surface area contributed by atoms with Crippen LogP contribution in [0.5, 0.6) is 0 Å². The zero-order valence-corrected chi connectivity index (χ0v) is 28.7. The van der Waals surface area contributed by atoms with Crippen LogP contribution < -0.4 is 16.0 Å². The Morgan fingerprint density at radius 1 is 1.02 bits per heavy atom. The van der Waals surface area contributed by atoms with Crippen LogP contribution in [0.25, 0.3) is 11.1 Å². The number of oxime groups is 1. The van der Waals surface area contributed by atoms with Crippen LogP contribution in [-0.4, -0.2) is 70.3 Å². The van der Waals surface area contributed by atoms with Gasteiger partial charge in [-0.05, 0) is 57.1 Å². The molecule has 4 aliphatic rings. The summed E-state index contributed by atoms with van der Waals surface area (Å²) in [7, 11) is 0. The molecule has 3 fully saturated rings. The molecule has 6 rings (SSSR count). The van der Waals surface area contributed by atoms with Crippen LogP contribution in [-0.2, 0) is 24.0 Å². The summed E-state index contributed by atoms with van der Waals surface area (Å²) in [6, 6.07) is 13.9. The Kier molecular flexibility index (Phi) is 9.69. The minimum atomic E-state index is -1.35. The number of fused-ring (bicyclic) bond motifs is 3. The van der Waals surface area contributed by atoms with E-state index < -0.39 is 53.1 Å². The number of rotatable bonds is 9. The molecule has 0 spiro atoms. The number of amides is 4. The molecule has 2 saturated carbocycles. The number of alkyl carbamates (subject to hydrolysis) is 1. The first-order valence-electron chi connectivity index (χ1n) is 17.3. The molecular formula is C38H44N6O6. The molecule has 50 heavy (non-hydrogen) atoms. The van der Waals surface area contributed by atoms with Crippen molar-refractivity contribution < 1.29 is 28.8 Å². The summed E-state index contributed by atoms with van der Waals surface area (Å²) >= 11 is 0. The van der Waals surface area contributed by atoms with E-state index in [1.807, 2.05) is 48.5 Å². The van der Waals surface area contributed by atoms with E-state index in [9.17, 15) is 19.2 Å². The summed E-state index contributed by atoms with van der Waals surface area (Å²) < 4.78 is 5.55. The van der Waals surface area contributed by atoms with Gasteiger partial charge in [-0.15, -0.1) is 6.58 Å². The van der Waals surface area contributed by atoms with Gasteiger partial charge in [-0.3, -0.25) is 19.7 Å². The molecule has 0 aromatic heterocycles. The van der Waals surface area contributed by atoms with Gasteiger partial charge >= 0.3 is 6.09 Å². The predicted molar refractivity (Wildman–Crippen MR) is 185 cm³/mol. The van der Waals surface area contributed by atoms with Crippen LogP contribution in [0, 0.1) is 23.3 Å². The zero-order chi connectivity index (χ0) is 35.6. The average molecular weight is 681 g/mol. The summed E-state index contributed by atoms with van der Waals surface area (Å²) in [6.45, 7) is 9.06. The lowest BCUT2D eigenvalue weighted by Gasteiger charge is -2.35. The van der Waals surface area contributed by atoms with Crippen molar-refractivity contribution in [3.63, 3.8) is 0 Å².